The van der Waals surface area contributed by atoms with Crippen molar-refractivity contribution < 1.29 is 23.8 Å². The summed E-state index contributed by atoms with van der Waals surface area (Å²) in [6, 6.07) is 14.3. The van der Waals surface area contributed by atoms with Crippen molar-refractivity contribution in [3.8, 4) is 17.2 Å². The maximum atomic E-state index is 12.8. The summed E-state index contributed by atoms with van der Waals surface area (Å²) in [6.45, 7) is 0. The number of benzene rings is 3. The number of ether oxygens (including phenoxy) is 3. The minimum Gasteiger partial charge on any atom is -0.493 e. The van der Waals surface area contributed by atoms with E-state index in [4.69, 9.17) is 49.6 Å². The van der Waals surface area contributed by atoms with Crippen molar-refractivity contribution in [2.24, 2.45) is 0 Å². The molecule has 0 saturated carbocycles. The van der Waals surface area contributed by atoms with E-state index in [1.54, 1.807) is 36.4 Å². The minimum atomic E-state index is -0.503. The third kappa shape index (κ3) is 6.54. The smallest absolute Gasteiger partial charge is 0.257 e. The average molecular weight is 534 g/mol. The molecule has 3 rings (SSSR count). The van der Waals surface area contributed by atoms with Gasteiger partial charge in [-0.2, -0.15) is 0 Å². The SMILES string of the molecule is COc1cc(C(=O)NC(=S)Nc2ccc(Cl)c(C(=O)Nc3ccc(Cl)cc3)c2)cc(OC)c1OC. The Morgan fingerprint density at radius 2 is 1.37 bits per heavy atom. The summed E-state index contributed by atoms with van der Waals surface area (Å²) in [5.74, 6) is 0.0810. The van der Waals surface area contributed by atoms with Gasteiger partial charge in [0.1, 0.15) is 0 Å². The zero-order valence-corrected chi connectivity index (χ0v) is 21.2. The number of hydrogen-bond acceptors (Lipinski definition) is 6. The molecule has 11 heteroatoms. The predicted molar refractivity (Wildman–Crippen MR) is 141 cm³/mol. The first kappa shape index (κ1) is 26.1. The van der Waals surface area contributed by atoms with E-state index in [0.717, 1.165) is 0 Å². The second kappa shape index (κ2) is 11.7. The molecule has 0 bridgehead atoms. The lowest BCUT2D eigenvalue weighted by Gasteiger charge is -2.15. The van der Waals surface area contributed by atoms with Crippen molar-refractivity contribution in [2.75, 3.05) is 32.0 Å². The standard InChI is InChI=1S/C24H21Cl2N3O5S/c1-32-19-10-13(11-20(33-2)21(19)34-3)22(30)29-24(35)28-16-8-9-18(26)17(12-16)23(31)27-15-6-4-14(25)5-7-15/h4-12H,1-3H3,(H,27,31)(H2,28,29,30,35). The Morgan fingerprint density at radius 1 is 0.771 bits per heavy atom. The van der Waals surface area contributed by atoms with Crippen molar-refractivity contribution in [3.63, 3.8) is 0 Å². The number of nitrogens with one attached hydrogen (secondary N) is 3. The molecule has 2 amide bonds. The quantitative estimate of drug-likeness (QED) is 0.350. The van der Waals surface area contributed by atoms with E-state index in [2.05, 4.69) is 16.0 Å². The molecule has 0 spiro atoms. The second-order valence-corrected chi connectivity index (χ2v) is 8.23. The molecule has 0 radical (unpaired) electrons. The van der Waals surface area contributed by atoms with Crippen LogP contribution in [0.3, 0.4) is 0 Å². The molecule has 0 unspecified atom stereocenters. The highest BCUT2D eigenvalue weighted by Gasteiger charge is 2.18. The third-order valence-electron chi connectivity index (χ3n) is 4.72. The third-order valence-corrected chi connectivity index (χ3v) is 5.51. The lowest BCUT2D eigenvalue weighted by molar-refractivity contribution is 0.0975. The van der Waals surface area contributed by atoms with Crippen LogP contribution >= 0.6 is 35.4 Å². The molecule has 0 aliphatic heterocycles. The number of carbonyl (C=O) groups is 2. The van der Waals surface area contributed by atoms with E-state index in [1.165, 1.54) is 39.5 Å². The lowest BCUT2D eigenvalue weighted by Crippen LogP contribution is -2.34. The Morgan fingerprint density at radius 3 is 1.94 bits per heavy atom. The minimum absolute atomic E-state index is 0.00938. The van der Waals surface area contributed by atoms with E-state index in [-0.39, 0.29) is 21.3 Å². The van der Waals surface area contributed by atoms with Crippen molar-refractivity contribution in [1.82, 2.24) is 5.32 Å². The Bertz CT molecular complexity index is 1240. The van der Waals surface area contributed by atoms with Crippen LogP contribution in [0.1, 0.15) is 20.7 Å². The van der Waals surface area contributed by atoms with Gasteiger partial charge in [-0.3, -0.25) is 14.9 Å². The van der Waals surface area contributed by atoms with Gasteiger partial charge in [0.15, 0.2) is 16.6 Å². The van der Waals surface area contributed by atoms with Crippen molar-refractivity contribution in [1.29, 1.82) is 0 Å². The van der Waals surface area contributed by atoms with Crippen LogP contribution in [0.2, 0.25) is 10.0 Å². The first-order valence-electron chi connectivity index (χ1n) is 10.0. The van der Waals surface area contributed by atoms with Crippen LogP contribution in [0.25, 0.3) is 0 Å². The summed E-state index contributed by atoms with van der Waals surface area (Å²) in [7, 11) is 4.37. The summed E-state index contributed by atoms with van der Waals surface area (Å²) >= 11 is 17.4. The molecule has 0 fully saturated rings. The van der Waals surface area contributed by atoms with Gasteiger partial charge in [-0.1, -0.05) is 23.2 Å². The maximum absolute atomic E-state index is 12.8. The number of amides is 2. The fraction of sp³-hybridized carbons (Fsp3) is 0.125. The first-order chi connectivity index (χ1) is 16.7. The Hall–Kier alpha value is -3.53. The average Bonchev–Trinajstić information content (AvgIpc) is 2.85. The number of hydrogen-bond donors (Lipinski definition) is 3. The molecule has 35 heavy (non-hydrogen) atoms. The van der Waals surface area contributed by atoms with Crippen molar-refractivity contribution in [3.05, 3.63) is 75.8 Å². The highest BCUT2D eigenvalue weighted by Crippen LogP contribution is 2.38. The number of rotatable bonds is 7. The second-order valence-electron chi connectivity index (χ2n) is 6.98. The molecule has 182 valence electrons. The number of methoxy groups -OCH3 is 3. The van der Waals surface area contributed by atoms with Crippen molar-refractivity contribution in [2.45, 2.75) is 0 Å². The molecule has 3 aromatic rings. The molecule has 0 heterocycles. The zero-order valence-electron chi connectivity index (χ0n) is 18.9. The molecule has 0 saturated heterocycles. The van der Waals surface area contributed by atoms with Gasteiger partial charge in [-0.15, -0.1) is 0 Å². The van der Waals surface area contributed by atoms with Gasteiger partial charge in [-0.05, 0) is 66.8 Å². The van der Waals surface area contributed by atoms with Gasteiger partial charge >= 0.3 is 0 Å². The van der Waals surface area contributed by atoms with Gasteiger partial charge in [0.25, 0.3) is 11.8 Å². The van der Waals surface area contributed by atoms with E-state index >= 15 is 0 Å². The molecule has 3 N–H and O–H groups in total. The van der Waals surface area contributed by atoms with Gasteiger partial charge in [0, 0.05) is 22.0 Å². The maximum Gasteiger partial charge on any atom is 0.257 e. The largest absolute Gasteiger partial charge is 0.493 e. The lowest BCUT2D eigenvalue weighted by atomic mass is 10.1. The van der Waals surface area contributed by atoms with Gasteiger partial charge in [0.05, 0.1) is 31.9 Å². The molecule has 8 nitrogen and oxygen atoms in total. The monoisotopic (exact) mass is 533 g/mol. The fourth-order valence-electron chi connectivity index (χ4n) is 3.06. The highest BCUT2D eigenvalue weighted by atomic mass is 35.5. The Kier molecular flexibility index (Phi) is 8.75. The van der Waals surface area contributed by atoms with E-state index in [1.807, 2.05) is 0 Å². The number of thiocarbonyl (C=S) groups is 1. The highest BCUT2D eigenvalue weighted by molar-refractivity contribution is 7.80. The van der Waals surface area contributed by atoms with Crippen LogP contribution in [-0.2, 0) is 0 Å². The molecule has 0 aromatic heterocycles. The van der Waals surface area contributed by atoms with Crippen molar-refractivity contribution >= 4 is 63.7 Å². The zero-order chi connectivity index (χ0) is 25.5. The predicted octanol–water partition coefficient (Wildman–Crippen LogP) is 5.40. The Labute approximate surface area is 217 Å². The summed E-state index contributed by atoms with van der Waals surface area (Å²) < 4.78 is 15.8. The van der Waals surface area contributed by atoms with E-state index in [9.17, 15) is 9.59 Å². The summed E-state index contributed by atoms with van der Waals surface area (Å²) in [4.78, 5) is 25.5. The summed E-state index contributed by atoms with van der Waals surface area (Å²) in [6.07, 6.45) is 0. The number of anilines is 2. The first-order valence-corrected chi connectivity index (χ1v) is 11.2. The Balaban J connectivity index is 1.72. The van der Waals surface area contributed by atoms with Crippen LogP contribution in [-0.4, -0.2) is 38.3 Å². The summed E-state index contributed by atoms with van der Waals surface area (Å²) in [5, 5.41) is 9.00. The van der Waals surface area contributed by atoms with Gasteiger partial charge < -0.3 is 24.8 Å². The van der Waals surface area contributed by atoms with Gasteiger partial charge in [-0.25, -0.2) is 0 Å². The molecular formula is C24H21Cl2N3O5S. The molecule has 0 atom stereocenters. The molecule has 3 aromatic carbocycles. The van der Waals surface area contributed by atoms with E-state index < -0.39 is 11.8 Å². The normalized spacial score (nSPS) is 10.2. The van der Waals surface area contributed by atoms with Crippen LogP contribution in [0.5, 0.6) is 17.2 Å². The van der Waals surface area contributed by atoms with Crippen LogP contribution in [0.15, 0.2) is 54.6 Å². The molecule has 0 aliphatic carbocycles. The molecular weight excluding hydrogens is 513 g/mol. The number of halogens is 2. The fourth-order valence-corrected chi connectivity index (χ4v) is 3.60. The van der Waals surface area contributed by atoms with Crippen LogP contribution in [0.4, 0.5) is 11.4 Å². The van der Waals surface area contributed by atoms with Gasteiger partial charge in [0.2, 0.25) is 5.75 Å². The number of carbonyl (C=O) groups excluding carboxylic acids is 2. The summed E-state index contributed by atoms with van der Waals surface area (Å²) in [5.41, 5.74) is 1.46. The molecule has 0 aliphatic rings. The van der Waals surface area contributed by atoms with Crippen LogP contribution in [0, 0.1) is 0 Å². The topological polar surface area (TPSA) is 97.9 Å². The van der Waals surface area contributed by atoms with E-state index in [0.29, 0.717) is 33.6 Å². The van der Waals surface area contributed by atoms with Crippen LogP contribution < -0.4 is 30.2 Å².